The second-order valence-electron chi connectivity index (χ2n) is 6.14. The van der Waals surface area contributed by atoms with Crippen molar-refractivity contribution in [1.82, 2.24) is 19.2 Å². The minimum absolute atomic E-state index is 0.639. The van der Waals surface area contributed by atoms with E-state index in [1.54, 1.807) is 18.6 Å². The van der Waals surface area contributed by atoms with E-state index in [4.69, 9.17) is 9.72 Å². The highest BCUT2D eigenvalue weighted by molar-refractivity contribution is 7.09. The lowest BCUT2D eigenvalue weighted by atomic mass is 10.3. The van der Waals surface area contributed by atoms with Crippen LogP contribution < -0.4 is 9.64 Å². The molecule has 0 amide bonds. The Balaban J connectivity index is 1.33. The van der Waals surface area contributed by atoms with Crippen LogP contribution in [0.15, 0.2) is 18.2 Å². The largest absolute Gasteiger partial charge is 0.481 e. The van der Waals surface area contributed by atoms with Crippen LogP contribution >= 0.6 is 11.5 Å². The predicted molar refractivity (Wildman–Crippen MR) is 90.2 cm³/mol. The van der Waals surface area contributed by atoms with Crippen molar-refractivity contribution in [3.05, 3.63) is 29.7 Å². The van der Waals surface area contributed by atoms with Gasteiger partial charge in [0.1, 0.15) is 5.82 Å². The van der Waals surface area contributed by atoms with Crippen molar-refractivity contribution < 1.29 is 4.74 Å². The van der Waals surface area contributed by atoms with Crippen molar-refractivity contribution >= 4 is 16.7 Å². The van der Waals surface area contributed by atoms with Gasteiger partial charge in [0.25, 0.3) is 0 Å². The number of hydrogen-bond acceptors (Lipinski definition) is 7. The molecule has 4 rings (SSSR count). The second kappa shape index (κ2) is 6.41. The molecule has 2 aromatic heterocycles. The topological polar surface area (TPSA) is 54.4 Å². The van der Waals surface area contributed by atoms with E-state index in [1.807, 2.05) is 12.1 Å². The van der Waals surface area contributed by atoms with Gasteiger partial charge in [-0.3, -0.25) is 4.90 Å². The molecule has 2 aromatic rings. The van der Waals surface area contributed by atoms with Crippen molar-refractivity contribution in [3.8, 4) is 5.88 Å². The zero-order valence-electron chi connectivity index (χ0n) is 13.3. The summed E-state index contributed by atoms with van der Waals surface area (Å²) in [6.45, 7) is 4.93. The van der Waals surface area contributed by atoms with Crippen LogP contribution in [0.3, 0.4) is 0 Å². The molecule has 1 saturated carbocycles. The van der Waals surface area contributed by atoms with Crippen molar-refractivity contribution in [3.63, 3.8) is 0 Å². The van der Waals surface area contributed by atoms with Crippen LogP contribution in [0.5, 0.6) is 5.88 Å². The summed E-state index contributed by atoms with van der Waals surface area (Å²) < 4.78 is 9.70. The van der Waals surface area contributed by atoms with Crippen LogP contribution in [0, 0.1) is 0 Å². The number of rotatable bonds is 5. The lowest BCUT2D eigenvalue weighted by molar-refractivity contribution is 0.246. The average molecular weight is 331 g/mol. The van der Waals surface area contributed by atoms with Crippen molar-refractivity contribution in [2.24, 2.45) is 0 Å². The molecule has 1 aliphatic carbocycles. The van der Waals surface area contributed by atoms with E-state index in [0.29, 0.717) is 11.8 Å². The molecule has 0 spiro atoms. The highest BCUT2D eigenvalue weighted by Crippen LogP contribution is 2.39. The normalized spacial score (nSPS) is 19.1. The molecule has 0 N–H and O–H groups in total. The Morgan fingerprint density at radius 1 is 1.17 bits per heavy atom. The van der Waals surface area contributed by atoms with Gasteiger partial charge in [0, 0.05) is 56.2 Å². The van der Waals surface area contributed by atoms with E-state index in [0.717, 1.165) is 49.4 Å². The van der Waals surface area contributed by atoms with Gasteiger partial charge in [-0.2, -0.15) is 4.37 Å². The molecule has 0 radical (unpaired) electrons. The third-order valence-corrected chi connectivity index (χ3v) is 5.18. The average Bonchev–Trinajstić information content (AvgIpc) is 3.33. The van der Waals surface area contributed by atoms with Gasteiger partial charge in [-0.05, 0) is 18.9 Å². The van der Waals surface area contributed by atoms with Crippen molar-refractivity contribution in [2.75, 3.05) is 38.2 Å². The third kappa shape index (κ3) is 3.45. The van der Waals surface area contributed by atoms with Crippen LogP contribution in [0.25, 0.3) is 0 Å². The van der Waals surface area contributed by atoms with Crippen molar-refractivity contribution in [1.29, 1.82) is 0 Å². The summed E-state index contributed by atoms with van der Waals surface area (Å²) in [7, 11) is 1.66. The molecule has 122 valence electrons. The number of ether oxygens (including phenoxy) is 1. The van der Waals surface area contributed by atoms with Crippen molar-refractivity contribution in [2.45, 2.75) is 25.3 Å². The fourth-order valence-electron chi connectivity index (χ4n) is 2.85. The fourth-order valence-corrected chi connectivity index (χ4v) is 3.65. The first-order valence-electron chi connectivity index (χ1n) is 8.12. The Hall–Kier alpha value is -1.73. The van der Waals surface area contributed by atoms with E-state index in [-0.39, 0.29) is 0 Å². The summed E-state index contributed by atoms with van der Waals surface area (Å²) in [6, 6.07) is 5.94. The van der Waals surface area contributed by atoms with Gasteiger partial charge < -0.3 is 9.64 Å². The summed E-state index contributed by atoms with van der Waals surface area (Å²) in [5.74, 6) is 2.39. The Bertz CT molecular complexity index is 664. The van der Waals surface area contributed by atoms with Gasteiger partial charge in [0.2, 0.25) is 11.0 Å². The molecule has 0 unspecified atom stereocenters. The molecular weight excluding hydrogens is 310 g/mol. The number of pyridine rings is 1. The van der Waals surface area contributed by atoms with E-state index in [9.17, 15) is 0 Å². The fraction of sp³-hybridized carbons (Fsp3) is 0.562. The standard InChI is InChI=1S/C16H21N5OS/c1-22-14-4-2-3-13(17-14)11-20-7-9-21(10-8-20)16-18-15(19-23-16)12-5-6-12/h2-4,12H,5-11H2,1H3. The van der Waals surface area contributed by atoms with Gasteiger partial charge in [-0.1, -0.05) is 6.07 Å². The molecule has 23 heavy (non-hydrogen) atoms. The number of aromatic nitrogens is 3. The monoisotopic (exact) mass is 331 g/mol. The maximum absolute atomic E-state index is 5.19. The smallest absolute Gasteiger partial charge is 0.213 e. The van der Waals surface area contributed by atoms with Gasteiger partial charge in [-0.25, -0.2) is 9.97 Å². The van der Waals surface area contributed by atoms with Gasteiger partial charge in [-0.15, -0.1) is 0 Å². The molecule has 2 fully saturated rings. The number of hydrogen-bond donors (Lipinski definition) is 0. The summed E-state index contributed by atoms with van der Waals surface area (Å²) in [5, 5.41) is 1.09. The Morgan fingerprint density at radius 2 is 2.00 bits per heavy atom. The molecule has 2 aliphatic rings. The minimum atomic E-state index is 0.639. The zero-order chi connectivity index (χ0) is 15.6. The Kier molecular flexibility index (Phi) is 4.13. The van der Waals surface area contributed by atoms with Crippen LogP contribution in [-0.4, -0.2) is 52.5 Å². The molecule has 6 nitrogen and oxygen atoms in total. The highest BCUT2D eigenvalue weighted by atomic mass is 32.1. The number of anilines is 1. The van der Waals surface area contributed by atoms with Crippen LogP contribution in [0.4, 0.5) is 5.13 Å². The molecule has 1 aliphatic heterocycles. The SMILES string of the molecule is COc1cccc(CN2CCN(c3nc(C4CC4)ns3)CC2)n1. The molecule has 7 heteroatoms. The molecular formula is C16H21N5OS. The quantitative estimate of drug-likeness (QED) is 0.837. The summed E-state index contributed by atoms with van der Waals surface area (Å²) >= 11 is 1.55. The highest BCUT2D eigenvalue weighted by Gasteiger charge is 2.29. The molecule has 0 atom stereocenters. The molecule has 0 bridgehead atoms. The van der Waals surface area contributed by atoms with E-state index in [2.05, 4.69) is 25.2 Å². The maximum Gasteiger partial charge on any atom is 0.213 e. The van der Waals surface area contributed by atoms with Crippen LogP contribution in [0.1, 0.15) is 30.3 Å². The first-order chi connectivity index (χ1) is 11.3. The Morgan fingerprint density at radius 3 is 2.74 bits per heavy atom. The number of nitrogens with zero attached hydrogens (tertiary/aromatic N) is 5. The van der Waals surface area contributed by atoms with Gasteiger partial charge >= 0.3 is 0 Å². The zero-order valence-corrected chi connectivity index (χ0v) is 14.1. The van der Waals surface area contributed by atoms with Crippen LogP contribution in [0.2, 0.25) is 0 Å². The van der Waals surface area contributed by atoms with E-state index < -0.39 is 0 Å². The molecule has 1 saturated heterocycles. The first kappa shape index (κ1) is 14.8. The lowest BCUT2D eigenvalue weighted by Gasteiger charge is -2.34. The van der Waals surface area contributed by atoms with Gasteiger partial charge in [0.15, 0.2) is 0 Å². The Labute approximate surface area is 140 Å². The lowest BCUT2D eigenvalue weighted by Crippen LogP contribution is -2.46. The first-order valence-corrected chi connectivity index (χ1v) is 8.90. The third-order valence-electron chi connectivity index (χ3n) is 4.39. The summed E-state index contributed by atoms with van der Waals surface area (Å²) in [6.07, 6.45) is 2.52. The predicted octanol–water partition coefficient (Wildman–Crippen LogP) is 2.14. The van der Waals surface area contributed by atoms with Crippen LogP contribution in [-0.2, 0) is 6.54 Å². The maximum atomic E-state index is 5.19. The number of piperazine rings is 1. The molecule has 3 heterocycles. The second-order valence-corrected chi connectivity index (χ2v) is 6.87. The van der Waals surface area contributed by atoms with Gasteiger partial charge in [0.05, 0.1) is 12.8 Å². The van der Waals surface area contributed by atoms with E-state index >= 15 is 0 Å². The molecule has 0 aromatic carbocycles. The number of methoxy groups -OCH3 is 1. The van der Waals surface area contributed by atoms with E-state index in [1.165, 1.54) is 12.8 Å². The summed E-state index contributed by atoms with van der Waals surface area (Å²) in [4.78, 5) is 14.0. The summed E-state index contributed by atoms with van der Waals surface area (Å²) in [5.41, 5.74) is 1.06. The minimum Gasteiger partial charge on any atom is -0.481 e.